The van der Waals surface area contributed by atoms with Gasteiger partial charge in [-0.25, -0.2) is 9.78 Å². The minimum absolute atomic E-state index is 0.115. The van der Waals surface area contributed by atoms with Gasteiger partial charge in [0.15, 0.2) is 0 Å². The van der Waals surface area contributed by atoms with Crippen LogP contribution in [0.3, 0.4) is 0 Å². The molecule has 3 heteroatoms. The van der Waals surface area contributed by atoms with E-state index in [-0.39, 0.29) is 11.0 Å². The Hall–Kier alpha value is -1.64. The average Bonchev–Trinajstić information content (AvgIpc) is 2.65. The average molecular weight is 339 g/mol. The van der Waals surface area contributed by atoms with Crippen LogP contribution >= 0.6 is 0 Å². The Bertz CT molecular complexity index is 868. The smallest absolute Gasteiger partial charge is 0.346 e. The summed E-state index contributed by atoms with van der Waals surface area (Å²) in [5, 5.41) is 0.608. The van der Waals surface area contributed by atoms with E-state index < -0.39 is 0 Å². The minimum atomic E-state index is -0.232. The molecule has 4 rings (SSSR count). The van der Waals surface area contributed by atoms with Crippen LogP contribution in [0.4, 0.5) is 0 Å². The third kappa shape index (κ3) is 3.02. The van der Waals surface area contributed by atoms with E-state index in [4.69, 9.17) is 9.40 Å². The summed E-state index contributed by atoms with van der Waals surface area (Å²) >= 11 is 0. The highest BCUT2D eigenvalue weighted by molar-refractivity contribution is 5.78. The third-order valence-corrected chi connectivity index (χ3v) is 6.74. The number of benzene rings is 1. The van der Waals surface area contributed by atoms with Crippen LogP contribution in [0.1, 0.15) is 69.4 Å². The van der Waals surface area contributed by atoms with Gasteiger partial charge in [-0.2, -0.15) is 0 Å². The lowest BCUT2D eigenvalue weighted by atomic mass is 9.73. The molecule has 2 aromatic rings. The molecule has 2 aliphatic rings. The molecule has 1 heterocycles. The lowest BCUT2D eigenvalue weighted by Gasteiger charge is -2.32. The van der Waals surface area contributed by atoms with E-state index in [0.717, 1.165) is 41.7 Å². The Morgan fingerprint density at radius 1 is 1.12 bits per heavy atom. The molecule has 0 saturated heterocycles. The molecular weight excluding hydrogens is 310 g/mol. The molecule has 2 saturated carbocycles. The van der Waals surface area contributed by atoms with Crippen molar-refractivity contribution in [2.75, 3.05) is 0 Å². The van der Waals surface area contributed by atoms with Crippen LogP contribution in [0.2, 0.25) is 0 Å². The summed E-state index contributed by atoms with van der Waals surface area (Å²) in [5.74, 6) is 3.07. The maximum atomic E-state index is 12.6. The minimum Gasteiger partial charge on any atom is -0.407 e. The second kappa shape index (κ2) is 5.96. The Morgan fingerprint density at radius 2 is 1.84 bits per heavy atom. The lowest BCUT2D eigenvalue weighted by molar-refractivity contribution is 0.195. The molecule has 0 amide bonds. The summed E-state index contributed by atoms with van der Waals surface area (Å²) in [5.41, 5.74) is 2.72. The molecule has 4 unspecified atom stereocenters. The number of fused-ring (bicyclic) bond motifs is 3. The van der Waals surface area contributed by atoms with Gasteiger partial charge in [-0.05, 0) is 93.4 Å². The quantitative estimate of drug-likeness (QED) is 0.708. The topological polar surface area (TPSA) is 43.1 Å². The Morgan fingerprint density at radius 3 is 2.64 bits per heavy atom. The number of aromatic nitrogens is 1. The van der Waals surface area contributed by atoms with Gasteiger partial charge in [0.1, 0.15) is 0 Å². The number of hydrogen-bond donors (Lipinski definition) is 0. The molecule has 0 aliphatic heterocycles. The molecule has 3 nitrogen and oxygen atoms in total. The third-order valence-electron chi connectivity index (χ3n) is 6.74. The first-order valence-electron chi connectivity index (χ1n) is 9.76. The first-order chi connectivity index (χ1) is 11.8. The lowest BCUT2D eigenvalue weighted by Crippen LogP contribution is -2.28. The molecule has 134 valence electrons. The van der Waals surface area contributed by atoms with Crippen LogP contribution in [0.15, 0.2) is 21.3 Å². The fourth-order valence-electron chi connectivity index (χ4n) is 5.35. The van der Waals surface area contributed by atoms with E-state index >= 15 is 0 Å². The van der Waals surface area contributed by atoms with Crippen molar-refractivity contribution in [1.82, 2.24) is 4.98 Å². The second-order valence-electron chi connectivity index (χ2n) is 9.11. The van der Waals surface area contributed by atoms with Gasteiger partial charge >= 0.3 is 5.63 Å². The fourth-order valence-corrected chi connectivity index (χ4v) is 5.35. The van der Waals surface area contributed by atoms with Crippen molar-refractivity contribution >= 4 is 10.9 Å². The van der Waals surface area contributed by atoms with Gasteiger partial charge in [-0.15, -0.1) is 0 Å². The predicted octanol–water partition coefficient (Wildman–Crippen LogP) is 5.30. The molecule has 2 aliphatic carbocycles. The molecule has 0 N–H and O–H groups in total. The van der Waals surface area contributed by atoms with Crippen LogP contribution < -0.4 is 5.63 Å². The van der Waals surface area contributed by atoms with E-state index in [9.17, 15) is 4.79 Å². The standard InChI is InChI=1S/C22H29NO2/c1-13-7-16-5-6-22(4,12-17(8-13)11-16)21-23-19-10-15(3)14(2)9-18(19)20(24)25-21/h9-10,13,16-17H,5-8,11-12H2,1-4H3. The molecule has 1 aromatic carbocycles. The maximum Gasteiger partial charge on any atom is 0.346 e. The molecule has 0 spiro atoms. The van der Waals surface area contributed by atoms with Crippen LogP contribution in [-0.4, -0.2) is 4.98 Å². The summed E-state index contributed by atoms with van der Waals surface area (Å²) in [6.45, 7) is 8.75. The van der Waals surface area contributed by atoms with Gasteiger partial charge in [-0.1, -0.05) is 13.8 Å². The van der Waals surface area contributed by atoms with Crippen molar-refractivity contribution in [3.63, 3.8) is 0 Å². The largest absolute Gasteiger partial charge is 0.407 e. The fraction of sp³-hybridized carbons (Fsp3) is 0.636. The van der Waals surface area contributed by atoms with E-state index in [0.29, 0.717) is 11.3 Å². The Kier molecular flexibility index (Phi) is 4.01. The van der Waals surface area contributed by atoms with Crippen LogP contribution in [0.25, 0.3) is 10.9 Å². The number of rotatable bonds is 1. The maximum absolute atomic E-state index is 12.6. The van der Waals surface area contributed by atoms with Crippen molar-refractivity contribution in [2.45, 2.75) is 71.6 Å². The van der Waals surface area contributed by atoms with Crippen molar-refractivity contribution in [3.05, 3.63) is 39.6 Å². The highest BCUT2D eigenvalue weighted by Crippen LogP contribution is 2.48. The second-order valence-corrected chi connectivity index (χ2v) is 9.11. The van der Waals surface area contributed by atoms with Gasteiger partial charge in [0.05, 0.1) is 10.9 Å². The zero-order chi connectivity index (χ0) is 17.8. The van der Waals surface area contributed by atoms with E-state index in [1.54, 1.807) is 0 Å². The summed E-state index contributed by atoms with van der Waals surface area (Å²) in [6, 6.07) is 3.95. The Labute approximate surface area is 149 Å². The number of aryl methyl sites for hydroxylation is 2. The molecule has 2 fully saturated rings. The normalized spacial score (nSPS) is 32.6. The van der Waals surface area contributed by atoms with Gasteiger partial charge in [0.25, 0.3) is 0 Å². The highest BCUT2D eigenvalue weighted by atomic mass is 16.4. The van der Waals surface area contributed by atoms with Crippen molar-refractivity contribution in [1.29, 1.82) is 0 Å². The first-order valence-corrected chi connectivity index (χ1v) is 9.76. The summed E-state index contributed by atoms with van der Waals surface area (Å²) in [7, 11) is 0. The molecule has 25 heavy (non-hydrogen) atoms. The summed E-state index contributed by atoms with van der Waals surface area (Å²) in [4.78, 5) is 17.4. The Balaban J connectivity index is 1.77. The van der Waals surface area contributed by atoms with Crippen LogP contribution in [0.5, 0.6) is 0 Å². The van der Waals surface area contributed by atoms with Crippen LogP contribution in [0, 0.1) is 31.6 Å². The van der Waals surface area contributed by atoms with E-state index in [1.807, 2.05) is 19.1 Å². The molecular formula is C22H29NO2. The van der Waals surface area contributed by atoms with Crippen molar-refractivity contribution in [3.8, 4) is 0 Å². The highest BCUT2D eigenvalue weighted by Gasteiger charge is 2.41. The van der Waals surface area contributed by atoms with Crippen molar-refractivity contribution < 1.29 is 4.42 Å². The monoisotopic (exact) mass is 339 g/mol. The zero-order valence-electron chi connectivity index (χ0n) is 15.9. The van der Waals surface area contributed by atoms with E-state index in [1.165, 1.54) is 31.2 Å². The number of hydrogen-bond acceptors (Lipinski definition) is 3. The molecule has 0 radical (unpaired) electrons. The summed E-state index contributed by atoms with van der Waals surface area (Å²) < 4.78 is 5.79. The SMILES string of the molecule is Cc1cc2nc(C3(C)CCC4CC(C)CC(C4)C3)oc(=O)c2cc1C. The summed E-state index contributed by atoms with van der Waals surface area (Å²) in [6.07, 6.45) is 7.42. The predicted molar refractivity (Wildman–Crippen MR) is 101 cm³/mol. The zero-order valence-corrected chi connectivity index (χ0v) is 15.9. The first kappa shape index (κ1) is 16.8. The van der Waals surface area contributed by atoms with Gasteiger partial charge in [-0.3, -0.25) is 0 Å². The molecule has 2 bridgehead atoms. The van der Waals surface area contributed by atoms with E-state index in [2.05, 4.69) is 20.8 Å². The van der Waals surface area contributed by atoms with Gasteiger partial charge in [0.2, 0.25) is 5.89 Å². The van der Waals surface area contributed by atoms with Gasteiger partial charge in [0, 0.05) is 5.41 Å². The molecule has 1 aromatic heterocycles. The van der Waals surface area contributed by atoms with Crippen LogP contribution in [-0.2, 0) is 5.41 Å². The molecule has 4 atom stereocenters. The van der Waals surface area contributed by atoms with Crippen molar-refractivity contribution in [2.24, 2.45) is 17.8 Å². The number of nitrogens with zero attached hydrogens (tertiary/aromatic N) is 1. The van der Waals surface area contributed by atoms with Gasteiger partial charge < -0.3 is 4.42 Å².